The van der Waals surface area contributed by atoms with E-state index < -0.39 is 0 Å². The van der Waals surface area contributed by atoms with Gasteiger partial charge in [0.05, 0.1) is 0 Å². The van der Waals surface area contributed by atoms with Crippen molar-refractivity contribution in [1.29, 1.82) is 0 Å². The number of likely N-dealkylation sites (N-methyl/N-ethyl adjacent to an activating group) is 1. The van der Waals surface area contributed by atoms with E-state index in [9.17, 15) is 0 Å². The maximum atomic E-state index is 2.25. The Morgan fingerprint density at radius 2 is 2.50 bits per heavy atom. The van der Waals surface area contributed by atoms with Gasteiger partial charge >= 0.3 is 0 Å². The first-order valence-corrected chi connectivity index (χ1v) is 2.34. The van der Waals surface area contributed by atoms with Crippen LogP contribution in [0.1, 0.15) is 6.92 Å². The van der Waals surface area contributed by atoms with E-state index in [1.54, 1.807) is 0 Å². The Balaban J connectivity index is 2.21. The summed E-state index contributed by atoms with van der Waals surface area (Å²) in [6.45, 7) is 4.48. The molecule has 1 heteroatoms. The van der Waals surface area contributed by atoms with E-state index in [4.69, 9.17) is 0 Å². The summed E-state index contributed by atoms with van der Waals surface area (Å²) < 4.78 is 0. The highest BCUT2D eigenvalue weighted by Crippen LogP contribution is 1.97. The maximum absolute atomic E-state index is 2.25. The molecule has 6 heavy (non-hydrogen) atoms. The first-order valence-electron chi connectivity index (χ1n) is 2.34. The molecule has 34 valence electrons. The molecule has 0 bridgehead atoms. The van der Waals surface area contributed by atoms with Crippen molar-refractivity contribution < 1.29 is 0 Å². The predicted octanol–water partition coefficient (Wildman–Crippen LogP) is 0.836. The minimum Gasteiger partial charge on any atom is -0.374 e. The third-order valence-electron chi connectivity index (χ3n) is 1.06. The summed E-state index contributed by atoms with van der Waals surface area (Å²) in [4.78, 5) is 2.25. The monoisotopic (exact) mass is 83.1 g/mol. The fourth-order valence-electron chi connectivity index (χ4n) is 0.489. The predicted molar refractivity (Wildman–Crippen MR) is 26.4 cm³/mol. The molecule has 0 saturated carbocycles. The quantitative estimate of drug-likeness (QED) is 0.454. The van der Waals surface area contributed by atoms with E-state index in [1.165, 1.54) is 0 Å². The molecule has 0 aromatic rings. The second-order valence-electron chi connectivity index (χ2n) is 1.47. The van der Waals surface area contributed by atoms with Crippen molar-refractivity contribution in [1.82, 2.24) is 4.90 Å². The highest BCUT2D eigenvalue weighted by atomic mass is 15.1. The van der Waals surface area contributed by atoms with Crippen molar-refractivity contribution in [3.05, 3.63) is 12.3 Å². The van der Waals surface area contributed by atoms with Crippen molar-refractivity contribution in [3.8, 4) is 0 Å². The molecule has 0 radical (unpaired) electrons. The SMILES string of the molecule is CCN1C=CC1. The number of hydrogen-bond acceptors (Lipinski definition) is 1. The molecule has 0 fully saturated rings. The number of hydrogen-bond donors (Lipinski definition) is 0. The fraction of sp³-hybridized carbons (Fsp3) is 0.600. The number of nitrogens with zero attached hydrogens (tertiary/aromatic N) is 1. The van der Waals surface area contributed by atoms with Gasteiger partial charge in [0.25, 0.3) is 0 Å². The zero-order valence-electron chi connectivity index (χ0n) is 4.02. The van der Waals surface area contributed by atoms with E-state index >= 15 is 0 Å². The van der Waals surface area contributed by atoms with Gasteiger partial charge in [0.2, 0.25) is 0 Å². The van der Waals surface area contributed by atoms with Gasteiger partial charge in [-0.1, -0.05) is 0 Å². The number of rotatable bonds is 1. The summed E-state index contributed by atoms with van der Waals surface area (Å²) in [6, 6.07) is 0. The maximum Gasteiger partial charge on any atom is 0.0370 e. The Kier molecular flexibility index (Phi) is 0.825. The van der Waals surface area contributed by atoms with E-state index in [-0.39, 0.29) is 0 Å². The van der Waals surface area contributed by atoms with Crippen molar-refractivity contribution in [2.45, 2.75) is 6.92 Å². The van der Waals surface area contributed by atoms with Gasteiger partial charge in [0.1, 0.15) is 0 Å². The minimum absolute atomic E-state index is 1.16. The lowest BCUT2D eigenvalue weighted by atomic mass is 10.4. The van der Waals surface area contributed by atoms with Gasteiger partial charge in [-0.25, -0.2) is 0 Å². The smallest absolute Gasteiger partial charge is 0.0370 e. The Labute approximate surface area is 38.3 Å². The van der Waals surface area contributed by atoms with Crippen molar-refractivity contribution in [2.24, 2.45) is 0 Å². The van der Waals surface area contributed by atoms with Crippen LogP contribution in [0.25, 0.3) is 0 Å². The van der Waals surface area contributed by atoms with Gasteiger partial charge in [-0.3, -0.25) is 0 Å². The molecule has 0 amide bonds. The summed E-state index contributed by atoms with van der Waals surface area (Å²) in [7, 11) is 0. The fourth-order valence-corrected chi connectivity index (χ4v) is 0.489. The third kappa shape index (κ3) is 0.402. The lowest BCUT2D eigenvalue weighted by molar-refractivity contribution is 0.397. The zero-order chi connectivity index (χ0) is 4.41. The average Bonchev–Trinajstić information content (AvgIpc) is 1.31. The Morgan fingerprint density at radius 1 is 1.83 bits per heavy atom. The van der Waals surface area contributed by atoms with E-state index in [2.05, 4.69) is 24.1 Å². The van der Waals surface area contributed by atoms with Gasteiger partial charge in [-0.2, -0.15) is 0 Å². The molecule has 1 aliphatic heterocycles. The molecule has 0 unspecified atom stereocenters. The first kappa shape index (κ1) is 3.72. The van der Waals surface area contributed by atoms with Crippen molar-refractivity contribution in [3.63, 3.8) is 0 Å². The van der Waals surface area contributed by atoms with Crippen LogP contribution in [0, 0.1) is 0 Å². The van der Waals surface area contributed by atoms with Crippen molar-refractivity contribution >= 4 is 0 Å². The van der Waals surface area contributed by atoms with Gasteiger partial charge in [-0.15, -0.1) is 0 Å². The normalized spacial score (nSPS) is 17.8. The Bertz CT molecular complexity index is 66.3. The summed E-state index contributed by atoms with van der Waals surface area (Å²) in [5, 5.41) is 0. The molecule has 0 N–H and O–H groups in total. The zero-order valence-corrected chi connectivity index (χ0v) is 4.02. The molecule has 0 atom stereocenters. The summed E-state index contributed by atoms with van der Waals surface area (Å²) >= 11 is 0. The van der Waals surface area contributed by atoms with Crippen LogP contribution >= 0.6 is 0 Å². The van der Waals surface area contributed by atoms with Crippen LogP contribution in [0.5, 0.6) is 0 Å². The third-order valence-corrected chi connectivity index (χ3v) is 1.06. The topological polar surface area (TPSA) is 3.24 Å². The molecule has 0 aromatic carbocycles. The van der Waals surface area contributed by atoms with E-state index in [1.807, 2.05) is 0 Å². The van der Waals surface area contributed by atoms with Gasteiger partial charge in [-0.05, 0) is 19.2 Å². The summed E-state index contributed by atoms with van der Waals surface area (Å²) in [6.07, 6.45) is 4.27. The lowest BCUT2D eigenvalue weighted by Crippen LogP contribution is -2.23. The molecule has 1 heterocycles. The second-order valence-corrected chi connectivity index (χ2v) is 1.47. The molecule has 0 aliphatic carbocycles. The summed E-state index contributed by atoms with van der Waals surface area (Å²) in [5.74, 6) is 0. The highest BCUT2D eigenvalue weighted by molar-refractivity contribution is 4.95. The van der Waals surface area contributed by atoms with Gasteiger partial charge in [0, 0.05) is 13.1 Å². The molecular formula is C5H9N. The minimum atomic E-state index is 1.16. The molecule has 1 nitrogen and oxygen atoms in total. The standard InChI is InChI=1S/C5H9N/c1-2-6-4-3-5-6/h3-4H,2,5H2,1H3. The summed E-state index contributed by atoms with van der Waals surface area (Å²) in [5.41, 5.74) is 0. The average molecular weight is 83.1 g/mol. The van der Waals surface area contributed by atoms with Crippen LogP contribution in [-0.2, 0) is 0 Å². The Hall–Kier alpha value is -0.460. The second kappa shape index (κ2) is 1.33. The first-order chi connectivity index (χ1) is 2.93. The largest absolute Gasteiger partial charge is 0.374 e. The van der Waals surface area contributed by atoms with Crippen molar-refractivity contribution in [2.75, 3.05) is 13.1 Å². The Morgan fingerprint density at radius 3 is 2.50 bits per heavy atom. The van der Waals surface area contributed by atoms with Crippen LogP contribution in [0.4, 0.5) is 0 Å². The van der Waals surface area contributed by atoms with Gasteiger partial charge in [0.15, 0.2) is 0 Å². The molecule has 1 aliphatic rings. The lowest BCUT2D eigenvalue weighted by Gasteiger charge is -2.22. The van der Waals surface area contributed by atoms with Crippen LogP contribution < -0.4 is 0 Å². The van der Waals surface area contributed by atoms with Gasteiger partial charge < -0.3 is 4.90 Å². The molecule has 0 saturated heterocycles. The van der Waals surface area contributed by atoms with Crippen LogP contribution in [0.3, 0.4) is 0 Å². The van der Waals surface area contributed by atoms with E-state index in [0.29, 0.717) is 0 Å². The highest BCUT2D eigenvalue weighted by Gasteiger charge is 1.97. The molecule has 1 rings (SSSR count). The van der Waals surface area contributed by atoms with Crippen LogP contribution in [-0.4, -0.2) is 18.0 Å². The van der Waals surface area contributed by atoms with Crippen LogP contribution in [0.15, 0.2) is 12.3 Å². The van der Waals surface area contributed by atoms with E-state index in [0.717, 1.165) is 13.1 Å². The molecule has 0 aromatic heterocycles. The van der Waals surface area contributed by atoms with Crippen LogP contribution in [0.2, 0.25) is 0 Å². The molecule has 0 spiro atoms. The molecular weight excluding hydrogens is 74.1 g/mol.